The van der Waals surface area contributed by atoms with Crippen LogP contribution in [-0.4, -0.2) is 27.1 Å². The average Bonchev–Trinajstić information content (AvgIpc) is 2.47. The maximum absolute atomic E-state index is 13.9. The first-order chi connectivity index (χ1) is 10.8. The van der Waals surface area contributed by atoms with Crippen LogP contribution in [0.15, 0.2) is 53.0 Å². The number of halogens is 2. The topological polar surface area (TPSA) is 66.5 Å². The van der Waals surface area contributed by atoms with E-state index < -0.39 is 28.3 Å². The molecule has 0 aliphatic heterocycles. The van der Waals surface area contributed by atoms with Crippen molar-refractivity contribution in [2.45, 2.75) is 0 Å². The summed E-state index contributed by atoms with van der Waals surface area (Å²) in [4.78, 5) is 12.1. The minimum absolute atomic E-state index is 0.169. The molecule has 0 aliphatic carbocycles. The summed E-state index contributed by atoms with van der Waals surface area (Å²) in [5, 5.41) is 2.59. The summed E-state index contributed by atoms with van der Waals surface area (Å²) < 4.78 is 39.1. The van der Waals surface area contributed by atoms with Gasteiger partial charge in [0.2, 0.25) is 15.9 Å². The van der Waals surface area contributed by atoms with Crippen LogP contribution in [0.4, 0.5) is 15.8 Å². The molecule has 0 heterocycles. The average molecular weight is 401 g/mol. The van der Waals surface area contributed by atoms with Gasteiger partial charge < -0.3 is 5.32 Å². The highest BCUT2D eigenvalue weighted by atomic mass is 79.9. The number of hydrogen-bond donors (Lipinski definition) is 1. The highest BCUT2D eigenvalue weighted by Gasteiger charge is 2.23. The third-order valence-corrected chi connectivity index (χ3v) is 4.77. The number of hydrogen-bond acceptors (Lipinski definition) is 3. The highest BCUT2D eigenvalue weighted by molar-refractivity contribution is 9.10. The van der Waals surface area contributed by atoms with E-state index >= 15 is 0 Å². The molecular formula is C15H14BrFN2O3S. The van der Waals surface area contributed by atoms with E-state index in [0.29, 0.717) is 10.2 Å². The summed E-state index contributed by atoms with van der Waals surface area (Å²) in [5.74, 6) is -1.29. The lowest BCUT2D eigenvalue weighted by Crippen LogP contribution is -2.38. The van der Waals surface area contributed by atoms with E-state index in [2.05, 4.69) is 21.2 Å². The van der Waals surface area contributed by atoms with Crippen LogP contribution in [0.3, 0.4) is 0 Å². The lowest BCUT2D eigenvalue weighted by molar-refractivity contribution is -0.114. The predicted molar refractivity (Wildman–Crippen MR) is 91.4 cm³/mol. The zero-order chi connectivity index (χ0) is 17.0. The summed E-state index contributed by atoms with van der Waals surface area (Å²) in [6.45, 7) is -0.527. The van der Waals surface area contributed by atoms with Crippen molar-refractivity contribution in [2.24, 2.45) is 0 Å². The van der Waals surface area contributed by atoms with Gasteiger partial charge in [-0.15, -0.1) is 0 Å². The summed E-state index contributed by atoms with van der Waals surface area (Å²) >= 11 is 3.28. The smallest absolute Gasteiger partial charge is 0.245 e. The molecule has 0 unspecified atom stereocenters. The molecule has 2 rings (SSSR count). The van der Waals surface area contributed by atoms with Gasteiger partial charge in [-0.3, -0.25) is 9.10 Å². The molecule has 0 saturated carbocycles. The first-order valence-corrected chi connectivity index (χ1v) is 9.20. The Morgan fingerprint density at radius 3 is 2.39 bits per heavy atom. The van der Waals surface area contributed by atoms with Gasteiger partial charge in [0.05, 0.1) is 17.6 Å². The van der Waals surface area contributed by atoms with E-state index in [-0.39, 0.29) is 5.69 Å². The molecule has 2 aromatic rings. The normalized spacial score (nSPS) is 11.1. The Morgan fingerprint density at radius 1 is 1.17 bits per heavy atom. The third kappa shape index (κ3) is 4.52. The first kappa shape index (κ1) is 17.4. The van der Waals surface area contributed by atoms with Gasteiger partial charge in [0, 0.05) is 4.47 Å². The number of nitrogens with one attached hydrogen (secondary N) is 1. The first-order valence-electron chi connectivity index (χ1n) is 6.55. The molecule has 0 aromatic heterocycles. The van der Waals surface area contributed by atoms with Crippen molar-refractivity contribution in [2.75, 3.05) is 22.4 Å². The number of carbonyl (C=O) groups is 1. The molecule has 0 aliphatic rings. The second-order valence-electron chi connectivity index (χ2n) is 4.75. The van der Waals surface area contributed by atoms with Crippen molar-refractivity contribution in [3.63, 3.8) is 0 Å². The fraction of sp³-hybridized carbons (Fsp3) is 0.133. The van der Waals surface area contributed by atoms with Crippen LogP contribution in [0.25, 0.3) is 0 Å². The summed E-state index contributed by atoms with van der Waals surface area (Å²) in [6, 6.07) is 12.3. The Kier molecular flexibility index (Phi) is 5.38. The van der Waals surface area contributed by atoms with Crippen molar-refractivity contribution in [1.82, 2.24) is 0 Å². The number of carbonyl (C=O) groups excluding carboxylic acids is 1. The Morgan fingerprint density at radius 2 is 1.78 bits per heavy atom. The van der Waals surface area contributed by atoms with Crippen molar-refractivity contribution in [1.29, 1.82) is 0 Å². The van der Waals surface area contributed by atoms with E-state index in [4.69, 9.17) is 0 Å². The molecule has 5 nitrogen and oxygen atoms in total. The fourth-order valence-corrected chi connectivity index (χ4v) is 3.16. The molecule has 0 saturated heterocycles. The van der Waals surface area contributed by atoms with Gasteiger partial charge >= 0.3 is 0 Å². The molecule has 0 atom stereocenters. The number of nitrogens with zero attached hydrogens (tertiary/aromatic N) is 1. The zero-order valence-electron chi connectivity index (χ0n) is 12.2. The van der Waals surface area contributed by atoms with Crippen molar-refractivity contribution in [3.05, 3.63) is 58.8 Å². The quantitative estimate of drug-likeness (QED) is 0.838. The zero-order valence-corrected chi connectivity index (χ0v) is 14.6. The predicted octanol–water partition coefficient (Wildman–Crippen LogP) is 2.99. The Labute approximate surface area is 142 Å². The standard InChI is InChI=1S/C15H14BrFN2O3S/c1-23(21,22)19(14-9-5-3-7-12(14)17)10-15(20)18-13-8-4-2-6-11(13)16/h2-9H,10H2,1H3,(H,18,20). The monoisotopic (exact) mass is 400 g/mol. The number of rotatable bonds is 5. The second kappa shape index (κ2) is 7.10. The molecule has 0 fully saturated rings. The lowest BCUT2D eigenvalue weighted by Gasteiger charge is -2.22. The van der Waals surface area contributed by atoms with Gasteiger partial charge in [-0.05, 0) is 40.2 Å². The van der Waals surface area contributed by atoms with Gasteiger partial charge in [0.15, 0.2) is 0 Å². The number of benzene rings is 2. The van der Waals surface area contributed by atoms with Gasteiger partial charge in [0.25, 0.3) is 0 Å². The summed E-state index contributed by atoms with van der Waals surface area (Å²) in [5.41, 5.74) is 0.330. The molecule has 0 bridgehead atoms. The molecule has 1 N–H and O–H groups in total. The van der Waals surface area contributed by atoms with Crippen LogP contribution in [0, 0.1) is 5.82 Å². The van der Waals surface area contributed by atoms with Crippen molar-refractivity contribution < 1.29 is 17.6 Å². The number of sulfonamides is 1. The van der Waals surface area contributed by atoms with Gasteiger partial charge in [0.1, 0.15) is 12.4 Å². The Hall–Kier alpha value is -1.93. The number of anilines is 2. The Balaban J connectivity index is 2.24. The molecule has 122 valence electrons. The molecule has 2 aromatic carbocycles. The minimum atomic E-state index is -3.82. The van der Waals surface area contributed by atoms with Gasteiger partial charge in [-0.25, -0.2) is 12.8 Å². The molecule has 0 spiro atoms. The Bertz CT molecular complexity index is 827. The molecule has 1 amide bonds. The lowest BCUT2D eigenvalue weighted by atomic mass is 10.3. The fourth-order valence-electron chi connectivity index (χ4n) is 1.92. The number of para-hydroxylation sites is 2. The van der Waals surface area contributed by atoms with Crippen LogP contribution in [0.2, 0.25) is 0 Å². The minimum Gasteiger partial charge on any atom is -0.323 e. The van der Waals surface area contributed by atoms with E-state index in [0.717, 1.165) is 16.6 Å². The second-order valence-corrected chi connectivity index (χ2v) is 7.51. The van der Waals surface area contributed by atoms with Crippen LogP contribution < -0.4 is 9.62 Å². The molecule has 23 heavy (non-hydrogen) atoms. The van der Waals surface area contributed by atoms with E-state index in [1.807, 2.05) is 0 Å². The van der Waals surface area contributed by atoms with Crippen molar-refractivity contribution >= 4 is 43.2 Å². The SMILES string of the molecule is CS(=O)(=O)N(CC(=O)Nc1ccccc1Br)c1ccccc1F. The van der Waals surface area contributed by atoms with Gasteiger partial charge in [-0.1, -0.05) is 24.3 Å². The maximum atomic E-state index is 13.9. The van der Waals surface area contributed by atoms with Crippen molar-refractivity contribution in [3.8, 4) is 0 Å². The van der Waals surface area contributed by atoms with Crippen LogP contribution in [0.5, 0.6) is 0 Å². The summed E-state index contributed by atoms with van der Waals surface area (Å²) in [7, 11) is -3.82. The molecule has 8 heteroatoms. The van der Waals surface area contributed by atoms with Crippen LogP contribution in [-0.2, 0) is 14.8 Å². The molecular weight excluding hydrogens is 387 g/mol. The maximum Gasteiger partial charge on any atom is 0.245 e. The van der Waals surface area contributed by atoms with Crippen LogP contribution >= 0.6 is 15.9 Å². The summed E-state index contributed by atoms with van der Waals surface area (Å²) in [6.07, 6.45) is 0.922. The largest absolute Gasteiger partial charge is 0.323 e. The molecule has 0 radical (unpaired) electrons. The number of amides is 1. The van der Waals surface area contributed by atoms with E-state index in [9.17, 15) is 17.6 Å². The van der Waals surface area contributed by atoms with Crippen LogP contribution in [0.1, 0.15) is 0 Å². The van der Waals surface area contributed by atoms with E-state index in [1.165, 1.54) is 18.2 Å². The van der Waals surface area contributed by atoms with Gasteiger partial charge in [-0.2, -0.15) is 0 Å². The third-order valence-electron chi connectivity index (χ3n) is 2.96. The van der Waals surface area contributed by atoms with E-state index in [1.54, 1.807) is 24.3 Å². The highest BCUT2D eigenvalue weighted by Crippen LogP contribution is 2.23.